The van der Waals surface area contributed by atoms with Crippen LogP contribution in [0, 0.1) is 11.8 Å². The lowest BCUT2D eigenvalue weighted by molar-refractivity contribution is 0.0943. The van der Waals surface area contributed by atoms with Gasteiger partial charge in [0.25, 0.3) is 5.91 Å². The van der Waals surface area contributed by atoms with E-state index in [1.54, 1.807) is 7.11 Å². The Hall–Kier alpha value is -2.92. The first kappa shape index (κ1) is 21.3. The van der Waals surface area contributed by atoms with Crippen molar-refractivity contribution in [2.75, 3.05) is 27.2 Å². The van der Waals surface area contributed by atoms with Crippen molar-refractivity contribution in [3.8, 4) is 17.0 Å². The molecule has 1 aliphatic rings. The fraction of sp³-hybridized carbons (Fsp3) is 0.385. The first-order chi connectivity index (χ1) is 15.2. The third kappa shape index (κ3) is 5.05. The van der Waals surface area contributed by atoms with Crippen molar-refractivity contribution in [3.63, 3.8) is 0 Å². The average molecular weight is 418 g/mol. The van der Waals surface area contributed by atoms with E-state index in [-0.39, 0.29) is 5.91 Å². The van der Waals surface area contributed by atoms with Crippen LogP contribution in [0.3, 0.4) is 0 Å². The second-order valence-electron chi connectivity index (χ2n) is 8.46. The highest BCUT2D eigenvalue weighted by Gasteiger charge is 2.22. The Labute approximate surface area is 184 Å². The third-order valence-corrected chi connectivity index (χ3v) is 6.34. The van der Waals surface area contributed by atoms with Crippen LogP contribution < -0.4 is 15.4 Å². The highest BCUT2D eigenvalue weighted by molar-refractivity contribution is 6.07. The number of hydrogen-bond acceptors (Lipinski definition) is 4. The van der Waals surface area contributed by atoms with E-state index in [9.17, 15) is 4.79 Å². The van der Waals surface area contributed by atoms with E-state index in [1.807, 2.05) is 61.6 Å². The second kappa shape index (κ2) is 9.92. The number of amides is 1. The lowest BCUT2D eigenvalue weighted by Gasteiger charge is -2.28. The predicted molar refractivity (Wildman–Crippen MR) is 125 cm³/mol. The molecule has 5 heteroatoms. The van der Waals surface area contributed by atoms with Gasteiger partial charge >= 0.3 is 0 Å². The number of rotatable bonds is 7. The van der Waals surface area contributed by atoms with Gasteiger partial charge in [-0.05, 0) is 75.4 Å². The van der Waals surface area contributed by atoms with Crippen molar-refractivity contribution in [1.29, 1.82) is 0 Å². The Morgan fingerprint density at radius 2 is 1.74 bits per heavy atom. The zero-order valence-corrected chi connectivity index (χ0v) is 18.4. The van der Waals surface area contributed by atoms with Gasteiger partial charge in [-0.15, -0.1) is 0 Å². The van der Waals surface area contributed by atoms with E-state index in [0.717, 1.165) is 46.9 Å². The van der Waals surface area contributed by atoms with Crippen LogP contribution in [0.4, 0.5) is 0 Å². The Balaban J connectivity index is 1.54. The summed E-state index contributed by atoms with van der Waals surface area (Å²) in [6.07, 6.45) is 4.83. The van der Waals surface area contributed by atoms with E-state index in [0.29, 0.717) is 11.5 Å². The minimum atomic E-state index is -0.0277. The van der Waals surface area contributed by atoms with E-state index in [4.69, 9.17) is 9.72 Å². The van der Waals surface area contributed by atoms with Crippen molar-refractivity contribution in [3.05, 3.63) is 60.2 Å². The number of ether oxygens (including phenoxy) is 1. The van der Waals surface area contributed by atoms with Gasteiger partial charge in [0.1, 0.15) is 5.75 Å². The van der Waals surface area contributed by atoms with Gasteiger partial charge in [0.2, 0.25) is 0 Å². The first-order valence-electron chi connectivity index (χ1n) is 11.1. The summed E-state index contributed by atoms with van der Waals surface area (Å²) < 4.78 is 5.36. The normalized spacial score (nSPS) is 18.6. The second-order valence-corrected chi connectivity index (χ2v) is 8.46. The maximum absolute atomic E-state index is 13.2. The number of fused-ring (bicyclic) bond motifs is 1. The van der Waals surface area contributed by atoms with Crippen LogP contribution in [-0.2, 0) is 0 Å². The lowest BCUT2D eigenvalue weighted by atomic mass is 9.82. The summed E-state index contributed by atoms with van der Waals surface area (Å²) in [5, 5.41) is 7.36. The van der Waals surface area contributed by atoms with Crippen LogP contribution in [0.5, 0.6) is 5.75 Å². The maximum Gasteiger partial charge on any atom is 0.252 e. The molecule has 1 aromatic heterocycles. The molecule has 4 rings (SSSR count). The molecule has 3 aromatic rings. The van der Waals surface area contributed by atoms with Gasteiger partial charge in [-0.25, -0.2) is 4.98 Å². The molecule has 2 aromatic carbocycles. The first-order valence-corrected chi connectivity index (χ1v) is 11.1. The number of methoxy groups -OCH3 is 1. The van der Waals surface area contributed by atoms with Gasteiger partial charge < -0.3 is 15.4 Å². The summed E-state index contributed by atoms with van der Waals surface area (Å²) in [6.45, 7) is 1.82. The fourth-order valence-corrected chi connectivity index (χ4v) is 4.55. The average Bonchev–Trinajstić information content (AvgIpc) is 2.83. The highest BCUT2D eigenvalue weighted by atomic mass is 16.5. The smallest absolute Gasteiger partial charge is 0.252 e. The SMILES string of the molecule is CNCC1CCC(CNC(=O)c2cc(-c3cccc(OC)c3)nc3ccccc23)CC1. The molecular formula is C26H31N3O2. The largest absolute Gasteiger partial charge is 0.497 e. The van der Waals surface area contributed by atoms with Crippen molar-refractivity contribution in [2.45, 2.75) is 25.7 Å². The summed E-state index contributed by atoms with van der Waals surface area (Å²) in [4.78, 5) is 18.0. The number of carbonyl (C=O) groups excluding carboxylic acids is 1. The Morgan fingerprint density at radius 3 is 2.48 bits per heavy atom. The highest BCUT2D eigenvalue weighted by Crippen LogP contribution is 2.29. The van der Waals surface area contributed by atoms with Crippen molar-refractivity contribution in [2.24, 2.45) is 11.8 Å². The van der Waals surface area contributed by atoms with Crippen molar-refractivity contribution >= 4 is 16.8 Å². The number of benzene rings is 2. The summed E-state index contributed by atoms with van der Waals surface area (Å²) in [7, 11) is 3.67. The molecule has 5 nitrogen and oxygen atoms in total. The van der Waals surface area contributed by atoms with Crippen molar-refractivity contribution < 1.29 is 9.53 Å². The third-order valence-electron chi connectivity index (χ3n) is 6.34. The number of nitrogens with zero attached hydrogens (tertiary/aromatic N) is 1. The monoisotopic (exact) mass is 417 g/mol. The molecule has 1 fully saturated rings. The van der Waals surface area contributed by atoms with E-state index < -0.39 is 0 Å². The number of hydrogen-bond donors (Lipinski definition) is 2. The molecule has 0 saturated heterocycles. The molecule has 0 aliphatic heterocycles. The number of nitrogens with one attached hydrogen (secondary N) is 2. The summed E-state index contributed by atoms with van der Waals surface area (Å²) >= 11 is 0. The van der Waals surface area contributed by atoms with E-state index in [1.165, 1.54) is 25.7 Å². The summed E-state index contributed by atoms with van der Waals surface area (Å²) in [5.41, 5.74) is 3.20. The maximum atomic E-state index is 13.2. The van der Waals surface area contributed by atoms with Crippen LogP contribution in [0.25, 0.3) is 22.2 Å². The fourth-order valence-electron chi connectivity index (χ4n) is 4.55. The molecule has 0 radical (unpaired) electrons. The summed E-state index contributed by atoms with van der Waals surface area (Å²) in [5.74, 6) is 2.07. The van der Waals surface area contributed by atoms with Gasteiger partial charge in [-0.3, -0.25) is 4.79 Å². The molecule has 2 N–H and O–H groups in total. The number of pyridine rings is 1. The molecule has 1 heterocycles. The molecule has 0 bridgehead atoms. The Bertz CT molecular complexity index is 1040. The molecule has 1 aliphatic carbocycles. The number of aromatic nitrogens is 1. The van der Waals surface area contributed by atoms with E-state index in [2.05, 4.69) is 10.6 Å². The van der Waals surface area contributed by atoms with Crippen molar-refractivity contribution in [1.82, 2.24) is 15.6 Å². The van der Waals surface area contributed by atoms with Gasteiger partial charge in [0.05, 0.1) is 23.9 Å². The molecule has 1 amide bonds. The molecule has 162 valence electrons. The lowest BCUT2D eigenvalue weighted by Crippen LogP contribution is -2.32. The Morgan fingerprint density at radius 1 is 1.00 bits per heavy atom. The molecule has 0 atom stereocenters. The Kier molecular flexibility index (Phi) is 6.82. The summed E-state index contributed by atoms with van der Waals surface area (Å²) in [6, 6.07) is 17.5. The zero-order valence-electron chi connectivity index (χ0n) is 18.4. The van der Waals surface area contributed by atoms with Crippen LogP contribution in [0.1, 0.15) is 36.0 Å². The molecule has 31 heavy (non-hydrogen) atoms. The van der Waals surface area contributed by atoms with E-state index >= 15 is 0 Å². The topological polar surface area (TPSA) is 63.2 Å². The quantitative estimate of drug-likeness (QED) is 0.587. The molecule has 1 saturated carbocycles. The van der Waals surface area contributed by atoms with Crippen LogP contribution in [0.15, 0.2) is 54.6 Å². The minimum Gasteiger partial charge on any atom is -0.497 e. The zero-order chi connectivity index (χ0) is 21.6. The standard InChI is InChI=1S/C26H31N3O2/c1-27-16-18-10-12-19(13-11-18)17-28-26(30)23-15-25(20-6-5-7-21(14-20)31-2)29-24-9-4-3-8-22(23)24/h3-9,14-15,18-19,27H,10-13,16-17H2,1-2H3,(H,28,30). The van der Waals surface area contributed by atoms with Gasteiger partial charge in [0, 0.05) is 17.5 Å². The number of carbonyl (C=O) groups is 1. The predicted octanol–water partition coefficient (Wildman–Crippen LogP) is 4.67. The van der Waals surface area contributed by atoms with Crippen LogP contribution in [0.2, 0.25) is 0 Å². The van der Waals surface area contributed by atoms with Crippen LogP contribution >= 0.6 is 0 Å². The molecule has 0 spiro atoms. The van der Waals surface area contributed by atoms with Gasteiger partial charge in [0.15, 0.2) is 0 Å². The molecular weight excluding hydrogens is 386 g/mol. The molecule has 0 unspecified atom stereocenters. The number of para-hydroxylation sites is 1. The minimum absolute atomic E-state index is 0.0277. The van der Waals surface area contributed by atoms with Gasteiger partial charge in [-0.1, -0.05) is 30.3 Å². The van der Waals surface area contributed by atoms with Crippen LogP contribution in [-0.4, -0.2) is 38.1 Å². The van der Waals surface area contributed by atoms with Gasteiger partial charge in [-0.2, -0.15) is 0 Å².